The predicted molar refractivity (Wildman–Crippen MR) is 120 cm³/mol. The Morgan fingerprint density at radius 3 is 2.80 bits per heavy atom. The lowest BCUT2D eigenvalue weighted by Gasteiger charge is -2.27. The van der Waals surface area contributed by atoms with E-state index >= 15 is 0 Å². The third-order valence-electron chi connectivity index (χ3n) is 5.26. The van der Waals surface area contributed by atoms with Crippen molar-refractivity contribution in [3.05, 3.63) is 50.9 Å². The van der Waals surface area contributed by atoms with Crippen molar-refractivity contribution in [2.75, 3.05) is 27.2 Å². The van der Waals surface area contributed by atoms with Crippen molar-refractivity contribution in [1.82, 2.24) is 9.21 Å². The minimum Gasteiger partial charge on any atom is -0.465 e. The van der Waals surface area contributed by atoms with Crippen molar-refractivity contribution in [2.45, 2.75) is 43.5 Å². The van der Waals surface area contributed by atoms with Gasteiger partial charge in [0.15, 0.2) is 0 Å². The maximum atomic E-state index is 13.2. The minimum atomic E-state index is -3.76. The van der Waals surface area contributed by atoms with E-state index in [4.69, 9.17) is 16.3 Å². The van der Waals surface area contributed by atoms with E-state index in [1.54, 1.807) is 7.05 Å². The minimum absolute atomic E-state index is 0.0996. The van der Waals surface area contributed by atoms with Crippen molar-refractivity contribution in [3.63, 3.8) is 0 Å². The summed E-state index contributed by atoms with van der Waals surface area (Å²) in [7, 11) is -0.903. The van der Waals surface area contributed by atoms with Gasteiger partial charge in [-0.05, 0) is 36.1 Å². The van der Waals surface area contributed by atoms with E-state index in [0.717, 1.165) is 35.4 Å². The molecule has 3 rings (SSSR count). The number of hydrogen-bond acceptors (Lipinski definition) is 6. The number of benzene rings is 1. The number of halogens is 1. The largest absolute Gasteiger partial charge is 0.465 e. The number of sulfonamides is 1. The highest BCUT2D eigenvalue weighted by Gasteiger charge is 2.35. The summed E-state index contributed by atoms with van der Waals surface area (Å²) in [6, 6.07) is 7.72. The Morgan fingerprint density at radius 2 is 2.13 bits per heavy atom. The summed E-state index contributed by atoms with van der Waals surface area (Å²) in [5.74, 6) is -0.585. The van der Waals surface area contributed by atoms with E-state index in [0.29, 0.717) is 31.1 Å². The van der Waals surface area contributed by atoms with Crippen LogP contribution in [0.1, 0.15) is 46.1 Å². The van der Waals surface area contributed by atoms with E-state index in [9.17, 15) is 13.2 Å². The maximum Gasteiger partial charge on any atom is 0.340 e. The summed E-state index contributed by atoms with van der Waals surface area (Å²) < 4.78 is 32.8. The first-order valence-electron chi connectivity index (χ1n) is 9.94. The van der Waals surface area contributed by atoms with Crippen molar-refractivity contribution >= 4 is 38.9 Å². The fourth-order valence-corrected chi connectivity index (χ4v) is 7.13. The van der Waals surface area contributed by atoms with E-state index in [2.05, 4.69) is 4.90 Å². The summed E-state index contributed by atoms with van der Waals surface area (Å²) in [6.07, 6.45) is 2.26. The molecule has 2 heterocycles. The number of ether oxygens (including phenoxy) is 1. The summed E-state index contributed by atoms with van der Waals surface area (Å²) in [5, 5.41) is 0.692. The van der Waals surface area contributed by atoms with Crippen LogP contribution in [0.25, 0.3) is 0 Å². The molecule has 0 radical (unpaired) electrons. The van der Waals surface area contributed by atoms with E-state index in [1.165, 1.54) is 22.8 Å². The fourth-order valence-electron chi connectivity index (χ4n) is 3.59. The fraction of sp³-hybridized carbons (Fsp3) is 0.476. The standard InChI is InChI=1S/C21H27ClN2O4S2/c1-4-5-10-23(2)30(26,27)21-19(20(25)28-3)17-9-11-24(14-18(17)29-21)13-15-7-6-8-16(22)12-15/h6-8,12H,4-5,9-11,13-14H2,1-3H3. The molecular formula is C21H27ClN2O4S2. The first-order chi connectivity index (χ1) is 14.3. The molecular weight excluding hydrogens is 444 g/mol. The van der Waals surface area contributed by atoms with E-state index < -0.39 is 16.0 Å². The van der Waals surface area contributed by atoms with E-state index in [-0.39, 0.29) is 9.77 Å². The number of rotatable bonds is 8. The van der Waals surface area contributed by atoms with Crippen molar-refractivity contribution in [1.29, 1.82) is 0 Å². The molecule has 1 aliphatic heterocycles. The number of esters is 1. The summed E-state index contributed by atoms with van der Waals surface area (Å²) >= 11 is 7.29. The molecule has 6 nitrogen and oxygen atoms in total. The number of nitrogens with zero attached hydrogens (tertiary/aromatic N) is 2. The van der Waals surface area contributed by atoms with Crippen molar-refractivity contribution < 1.29 is 17.9 Å². The smallest absolute Gasteiger partial charge is 0.340 e. The molecule has 0 aliphatic carbocycles. The van der Waals surface area contributed by atoms with Crippen LogP contribution in [-0.4, -0.2) is 50.8 Å². The highest BCUT2D eigenvalue weighted by molar-refractivity contribution is 7.91. The second-order valence-electron chi connectivity index (χ2n) is 7.43. The monoisotopic (exact) mass is 470 g/mol. The van der Waals surface area contributed by atoms with Crippen molar-refractivity contribution in [3.8, 4) is 0 Å². The predicted octanol–water partition coefficient (Wildman–Crippen LogP) is 4.17. The average Bonchev–Trinajstić information content (AvgIpc) is 3.11. The number of fused-ring (bicyclic) bond motifs is 1. The Bertz CT molecular complexity index is 1020. The van der Waals surface area contributed by atoms with Crippen LogP contribution in [0, 0.1) is 0 Å². The van der Waals surface area contributed by atoms with Crippen LogP contribution >= 0.6 is 22.9 Å². The quantitative estimate of drug-likeness (QED) is 0.542. The maximum absolute atomic E-state index is 13.2. The Labute approximate surface area is 187 Å². The molecule has 1 aliphatic rings. The van der Waals surface area contributed by atoms with Gasteiger partial charge >= 0.3 is 5.97 Å². The van der Waals surface area contributed by atoms with Gasteiger partial charge in [0.25, 0.3) is 10.0 Å². The van der Waals surface area contributed by atoms with Gasteiger partial charge in [-0.1, -0.05) is 37.1 Å². The van der Waals surface area contributed by atoms with Gasteiger partial charge in [-0.25, -0.2) is 17.5 Å². The van der Waals surface area contributed by atoms with Gasteiger partial charge in [-0.2, -0.15) is 0 Å². The van der Waals surface area contributed by atoms with Gasteiger partial charge in [0.2, 0.25) is 0 Å². The molecule has 0 spiro atoms. The molecule has 0 atom stereocenters. The molecule has 0 amide bonds. The second-order valence-corrected chi connectivity index (χ2v) is 11.2. The molecule has 2 aromatic rings. The molecule has 30 heavy (non-hydrogen) atoms. The molecule has 0 saturated heterocycles. The Hall–Kier alpha value is -1.45. The number of unbranched alkanes of at least 4 members (excludes halogenated alkanes) is 1. The molecule has 1 aromatic heterocycles. The van der Waals surface area contributed by atoms with Gasteiger partial charge < -0.3 is 4.74 Å². The number of carbonyl (C=O) groups excluding carboxylic acids is 1. The van der Waals surface area contributed by atoms with Gasteiger partial charge in [0.05, 0.1) is 12.7 Å². The van der Waals surface area contributed by atoms with Crippen LogP contribution < -0.4 is 0 Å². The normalized spacial score (nSPS) is 14.7. The molecule has 0 unspecified atom stereocenters. The molecule has 0 bridgehead atoms. The Balaban J connectivity index is 1.92. The second kappa shape index (κ2) is 9.78. The molecule has 0 fully saturated rings. The lowest BCUT2D eigenvalue weighted by atomic mass is 10.0. The van der Waals surface area contributed by atoms with Crippen LogP contribution in [0.3, 0.4) is 0 Å². The van der Waals surface area contributed by atoms with Crippen LogP contribution in [0.5, 0.6) is 0 Å². The van der Waals surface area contributed by atoms with Crippen molar-refractivity contribution in [2.24, 2.45) is 0 Å². The number of carbonyl (C=O) groups is 1. The average molecular weight is 471 g/mol. The summed E-state index contributed by atoms with van der Waals surface area (Å²) in [6.45, 7) is 4.46. The first kappa shape index (κ1) is 23.2. The SMILES string of the molecule is CCCCN(C)S(=O)(=O)c1sc2c(c1C(=O)OC)CCN(Cc1cccc(Cl)c1)C2. The highest BCUT2D eigenvalue weighted by Crippen LogP contribution is 2.38. The van der Waals surface area contributed by atoms with Crippen LogP contribution in [0.2, 0.25) is 5.02 Å². The lowest BCUT2D eigenvalue weighted by Crippen LogP contribution is -2.30. The molecule has 0 N–H and O–H groups in total. The highest BCUT2D eigenvalue weighted by atomic mass is 35.5. The zero-order valence-corrected chi connectivity index (χ0v) is 19.9. The molecule has 9 heteroatoms. The topological polar surface area (TPSA) is 66.9 Å². The third-order valence-corrected chi connectivity index (χ3v) is 9.06. The summed E-state index contributed by atoms with van der Waals surface area (Å²) in [4.78, 5) is 15.7. The molecule has 0 saturated carbocycles. The zero-order chi connectivity index (χ0) is 21.9. The van der Waals surface area contributed by atoms with Gasteiger partial charge in [-0.3, -0.25) is 4.90 Å². The Kier molecular flexibility index (Phi) is 7.57. The van der Waals surface area contributed by atoms with E-state index in [1.807, 2.05) is 31.2 Å². The molecule has 164 valence electrons. The lowest BCUT2D eigenvalue weighted by molar-refractivity contribution is 0.0595. The van der Waals surface area contributed by atoms with Crippen LogP contribution in [0.15, 0.2) is 28.5 Å². The van der Waals surface area contributed by atoms with Gasteiger partial charge in [0.1, 0.15) is 4.21 Å². The number of hydrogen-bond donors (Lipinski definition) is 0. The zero-order valence-electron chi connectivity index (χ0n) is 17.5. The third kappa shape index (κ3) is 4.89. The molecule has 1 aromatic carbocycles. The Morgan fingerprint density at radius 1 is 1.37 bits per heavy atom. The van der Waals surface area contributed by atoms with Crippen LogP contribution in [0.4, 0.5) is 0 Å². The first-order valence-corrected chi connectivity index (χ1v) is 12.6. The number of methoxy groups -OCH3 is 1. The number of thiophene rings is 1. The summed E-state index contributed by atoms with van der Waals surface area (Å²) in [5.41, 5.74) is 2.11. The van der Waals surface area contributed by atoms with Gasteiger partial charge in [-0.15, -0.1) is 11.3 Å². The van der Waals surface area contributed by atoms with Crippen LogP contribution in [-0.2, 0) is 34.3 Å². The van der Waals surface area contributed by atoms with Gasteiger partial charge in [0, 0.05) is 43.1 Å².